The summed E-state index contributed by atoms with van der Waals surface area (Å²) in [5.74, 6) is 0. The highest BCUT2D eigenvalue weighted by Crippen LogP contribution is 2.20. The lowest BCUT2D eigenvalue weighted by Gasteiger charge is -2.22. The quantitative estimate of drug-likeness (QED) is 0.875. The molecule has 0 bridgehead atoms. The third-order valence-electron chi connectivity index (χ3n) is 3.32. The first kappa shape index (κ1) is 13.5. The van der Waals surface area contributed by atoms with Crippen LogP contribution in [0.3, 0.4) is 0 Å². The molecule has 1 aromatic rings. The predicted molar refractivity (Wildman–Crippen MR) is 69.6 cm³/mol. The number of rotatable bonds is 4. The maximum atomic E-state index is 12.2. The Kier molecular flexibility index (Phi) is 4.37. The number of sulfonamides is 1. The molecule has 1 saturated carbocycles. The summed E-state index contributed by atoms with van der Waals surface area (Å²) >= 11 is 0. The van der Waals surface area contributed by atoms with Gasteiger partial charge >= 0.3 is 0 Å². The molecule has 0 saturated heterocycles. The van der Waals surface area contributed by atoms with Gasteiger partial charge in [0.1, 0.15) is 0 Å². The van der Waals surface area contributed by atoms with Crippen molar-refractivity contribution in [2.45, 2.75) is 49.6 Å². The van der Waals surface area contributed by atoms with E-state index in [-0.39, 0.29) is 17.5 Å². The molecule has 5 heteroatoms. The fraction of sp³-hybridized carbons (Fsp3) is 0.538. The zero-order valence-corrected chi connectivity index (χ0v) is 11.1. The molecule has 1 aliphatic carbocycles. The van der Waals surface area contributed by atoms with Gasteiger partial charge in [-0.1, -0.05) is 31.4 Å². The minimum absolute atomic E-state index is 0.0570. The van der Waals surface area contributed by atoms with Crippen LogP contribution in [0.15, 0.2) is 29.2 Å². The van der Waals surface area contributed by atoms with Crippen molar-refractivity contribution in [1.82, 2.24) is 4.72 Å². The molecular formula is C13H19NO3S. The van der Waals surface area contributed by atoms with Gasteiger partial charge in [0.15, 0.2) is 0 Å². The molecule has 0 aliphatic heterocycles. The molecule has 18 heavy (non-hydrogen) atoms. The molecule has 1 fully saturated rings. The first-order valence-corrected chi connectivity index (χ1v) is 7.82. The molecular weight excluding hydrogens is 250 g/mol. The summed E-state index contributed by atoms with van der Waals surface area (Å²) in [7, 11) is -3.45. The van der Waals surface area contributed by atoms with Gasteiger partial charge in [0.2, 0.25) is 10.0 Å². The van der Waals surface area contributed by atoms with Gasteiger partial charge in [-0.2, -0.15) is 0 Å². The van der Waals surface area contributed by atoms with Crippen molar-refractivity contribution < 1.29 is 13.5 Å². The van der Waals surface area contributed by atoms with E-state index < -0.39 is 10.0 Å². The minimum Gasteiger partial charge on any atom is -0.392 e. The molecule has 0 radical (unpaired) electrons. The summed E-state index contributed by atoms with van der Waals surface area (Å²) in [4.78, 5) is 0.236. The van der Waals surface area contributed by atoms with E-state index in [0.717, 1.165) is 25.7 Å². The van der Waals surface area contributed by atoms with Gasteiger partial charge in [0, 0.05) is 6.04 Å². The number of nitrogens with one attached hydrogen (secondary N) is 1. The Morgan fingerprint density at radius 2 is 1.94 bits per heavy atom. The van der Waals surface area contributed by atoms with Crippen LogP contribution in [0.5, 0.6) is 0 Å². The monoisotopic (exact) mass is 269 g/mol. The second-order valence-corrected chi connectivity index (χ2v) is 6.48. The molecule has 0 heterocycles. The molecule has 0 atom stereocenters. The Morgan fingerprint density at radius 1 is 1.22 bits per heavy atom. The van der Waals surface area contributed by atoms with Crippen LogP contribution in [0.2, 0.25) is 0 Å². The van der Waals surface area contributed by atoms with Crippen molar-refractivity contribution in [1.29, 1.82) is 0 Å². The van der Waals surface area contributed by atoms with Crippen LogP contribution in [-0.2, 0) is 16.6 Å². The first-order valence-electron chi connectivity index (χ1n) is 6.34. The molecule has 100 valence electrons. The van der Waals surface area contributed by atoms with Crippen LogP contribution < -0.4 is 4.72 Å². The van der Waals surface area contributed by atoms with Crippen LogP contribution in [0.25, 0.3) is 0 Å². The zero-order chi connectivity index (χ0) is 13.0. The molecule has 0 spiro atoms. The fourth-order valence-corrected chi connectivity index (χ4v) is 3.69. The Hall–Kier alpha value is -0.910. The molecule has 1 aliphatic rings. The van der Waals surface area contributed by atoms with E-state index in [1.54, 1.807) is 18.2 Å². The van der Waals surface area contributed by atoms with Crippen molar-refractivity contribution in [2.24, 2.45) is 0 Å². The standard InChI is InChI=1S/C13H19NO3S/c15-10-11-5-4-8-13(9-11)18(16,17)14-12-6-2-1-3-7-12/h4-5,8-9,12,14-15H,1-3,6-7,10H2. The maximum absolute atomic E-state index is 12.2. The molecule has 0 aromatic heterocycles. The normalized spacial score (nSPS) is 17.8. The van der Waals surface area contributed by atoms with Gasteiger partial charge in [-0.25, -0.2) is 13.1 Å². The predicted octanol–water partition coefficient (Wildman–Crippen LogP) is 1.79. The minimum atomic E-state index is -3.45. The SMILES string of the molecule is O=S(=O)(NC1CCCCC1)c1cccc(CO)c1. The van der Waals surface area contributed by atoms with E-state index in [1.807, 2.05) is 0 Å². The fourth-order valence-electron chi connectivity index (χ4n) is 2.32. The lowest BCUT2D eigenvalue weighted by atomic mass is 9.96. The highest BCUT2D eigenvalue weighted by molar-refractivity contribution is 7.89. The van der Waals surface area contributed by atoms with Crippen LogP contribution in [0.1, 0.15) is 37.7 Å². The van der Waals surface area contributed by atoms with Gasteiger partial charge < -0.3 is 5.11 Å². The number of hydrogen-bond donors (Lipinski definition) is 2. The highest BCUT2D eigenvalue weighted by Gasteiger charge is 2.21. The molecule has 0 amide bonds. The Labute approximate surface area is 108 Å². The van der Waals surface area contributed by atoms with Crippen LogP contribution in [0.4, 0.5) is 0 Å². The maximum Gasteiger partial charge on any atom is 0.240 e. The molecule has 0 unspecified atom stereocenters. The second-order valence-electron chi connectivity index (χ2n) is 4.76. The van der Waals surface area contributed by atoms with E-state index >= 15 is 0 Å². The topological polar surface area (TPSA) is 66.4 Å². The summed E-state index contributed by atoms with van der Waals surface area (Å²) in [5.41, 5.74) is 0.613. The average molecular weight is 269 g/mol. The Morgan fingerprint density at radius 3 is 2.61 bits per heavy atom. The van der Waals surface area contributed by atoms with Crippen molar-refractivity contribution in [3.8, 4) is 0 Å². The molecule has 1 aromatic carbocycles. The van der Waals surface area contributed by atoms with E-state index in [4.69, 9.17) is 5.11 Å². The number of aliphatic hydroxyl groups excluding tert-OH is 1. The van der Waals surface area contributed by atoms with Crippen molar-refractivity contribution in [3.63, 3.8) is 0 Å². The third kappa shape index (κ3) is 3.31. The summed E-state index contributed by atoms with van der Waals surface area (Å²) in [6.45, 7) is -0.146. The molecule has 2 N–H and O–H groups in total. The number of aliphatic hydroxyl groups is 1. The summed E-state index contributed by atoms with van der Waals surface area (Å²) in [6.07, 6.45) is 5.20. The molecule has 2 rings (SSSR count). The smallest absolute Gasteiger partial charge is 0.240 e. The van der Waals surface area contributed by atoms with Gasteiger partial charge in [0.25, 0.3) is 0 Å². The average Bonchev–Trinajstić information content (AvgIpc) is 2.39. The van der Waals surface area contributed by atoms with E-state index in [9.17, 15) is 8.42 Å². The number of benzene rings is 1. The largest absolute Gasteiger partial charge is 0.392 e. The lowest BCUT2D eigenvalue weighted by molar-refractivity contribution is 0.281. The summed E-state index contributed by atoms with van der Waals surface area (Å²) in [6, 6.07) is 6.50. The second kappa shape index (κ2) is 5.82. The zero-order valence-electron chi connectivity index (χ0n) is 10.3. The van der Waals surface area contributed by atoms with Crippen LogP contribution in [-0.4, -0.2) is 19.6 Å². The summed E-state index contributed by atoms with van der Waals surface area (Å²) < 4.78 is 27.1. The van der Waals surface area contributed by atoms with Crippen LogP contribution in [0, 0.1) is 0 Å². The van der Waals surface area contributed by atoms with E-state index in [2.05, 4.69) is 4.72 Å². The van der Waals surface area contributed by atoms with E-state index in [1.165, 1.54) is 12.5 Å². The van der Waals surface area contributed by atoms with Gasteiger partial charge in [0.05, 0.1) is 11.5 Å². The van der Waals surface area contributed by atoms with Crippen molar-refractivity contribution in [3.05, 3.63) is 29.8 Å². The summed E-state index contributed by atoms with van der Waals surface area (Å²) in [5, 5.41) is 9.03. The van der Waals surface area contributed by atoms with Crippen molar-refractivity contribution in [2.75, 3.05) is 0 Å². The first-order chi connectivity index (χ1) is 8.62. The Balaban J connectivity index is 2.13. The van der Waals surface area contributed by atoms with Crippen LogP contribution >= 0.6 is 0 Å². The third-order valence-corrected chi connectivity index (χ3v) is 4.84. The molecule has 4 nitrogen and oxygen atoms in total. The highest BCUT2D eigenvalue weighted by atomic mass is 32.2. The Bertz CT molecular complexity index is 493. The van der Waals surface area contributed by atoms with Gasteiger partial charge in [-0.05, 0) is 30.5 Å². The number of hydrogen-bond acceptors (Lipinski definition) is 3. The van der Waals surface area contributed by atoms with Gasteiger partial charge in [-0.3, -0.25) is 0 Å². The lowest BCUT2D eigenvalue weighted by Crippen LogP contribution is -2.36. The van der Waals surface area contributed by atoms with E-state index in [0.29, 0.717) is 5.56 Å². The van der Waals surface area contributed by atoms with Gasteiger partial charge in [-0.15, -0.1) is 0 Å². The van der Waals surface area contributed by atoms with Crippen molar-refractivity contribution >= 4 is 10.0 Å².